The van der Waals surface area contributed by atoms with Gasteiger partial charge < -0.3 is 0 Å². The van der Waals surface area contributed by atoms with Gasteiger partial charge in [0.1, 0.15) is 0 Å². The summed E-state index contributed by atoms with van der Waals surface area (Å²) in [4.78, 5) is 0. The second kappa shape index (κ2) is 6.84. The Balaban J connectivity index is 0.000000292. The van der Waals surface area contributed by atoms with Gasteiger partial charge in [0, 0.05) is 22.3 Å². The Kier molecular flexibility index (Phi) is 6.93. The van der Waals surface area contributed by atoms with Gasteiger partial charge in [0.2, 0.25) is 0 Å². The first-order valence-electron chi connectivity index (χ1n) is 4.55. The molecule has 1 heterocycles. The van der Waals surface area contributed by atoms with Crippen LogP contribution in [0.25, 0.3) is 0 Å². The first kappa shape index (κ1) is 11.2. The van der Waals surface area contributed by atoms with Crippen molar-refractivity contribution in [3.63, 3.8) is 0 Å². The maximum atomic E-state index is 10.7. The summed E-state index contributed by atoms with van der Waals surface area (Å²) in [7, 11) is -0.461. The molecule has 0 amide bonds. The van der Waals surface area contributed by atoms with Crippen LogP contribution in [0.5, 0.6) is 0 Å². The van der Waals surface area contributed by atoms with Crippen molar-refractivity contribution < 1.29 is 4.21 Å². The highest BCUT2D eigenvalue weighted by molar-refractivity contribution is 7.85. The first-order chi connectivity index (χ1) is 5.20. The van der Waals surface area contributed by atoms with Crippen LogP contribution in [0.3, 0.4) is 0 Å². The Hall–Kier alpha value is 0.150. The summed E-state index contributed by atoms with van der Waals surface area (Å²) in [5.41, 5.74) is 0. The third-order valence-electron chi connectivity index (χ3n) is 1.68. The van der Waals surface area contributed by atoms with Gasteiger partial charge in [-0.05, 0) is 18.8 Å². The van der Waals surface area contributed by atoms with Crippen molar-refractivity contribution in [2.24, 2.45) is 5.92 Å². The molecule has 0 aliphatic carbocycles. The molecule has 1 rings (SSSR count). The number of hydrogen-bond donors (Lipinski definition) is 0. The zero-order chi connectivity index (χ0) is 8.69. The Labute approximate surface area is 73.0 Å². The highest BCUT2D eigenvalue weighted by atomic mass is 32.2. The third kappa shape index (κ3) is 6.54. The minimum Gasteiger partial charge on any atom is -0.260 e. The second-order valence-corrected chi connectivity index (χ2v) is 4.93. The molecule has 0 saturated carbocycles. The summed E-state index contributed by atoms with van der Waals surface area (Å²) in [5.74, 6) is 2.72. The molecule has 0 spiro atoms. The van der Waals surface area contributed by atoms with Crippen LogP contribution >= 0.6 is 0 Å². The van der Waals surface area contributed by atoms with E-state index in [1.807, 2.05) is 0 Å². The fourth-order valence-electron chi connectivity index (χ4n) is 0.912. The van der Waals surface area contributed by atoms with Crippen LogP contribution < -0.4 is 0 Å². The number of rotatable bonds is 0. The van der Waals surface area contributed by atoms with Gasteiger partial charge in [-0.25, -0.2) is 0 Å². The van der Waals surface area contributed by atoms with Crippen LogP contribution in [0.2, 0.25) is 0 Å². The fourth-order valence-corrected chi connectivity index (χ4v) is 2.45. The van der Waals surface area contributed by atoms with Gasteiger partial charge in [-0.2, -0.15) is 0 Å². The van der Waals surface area contributed by atoms with E-state index in [2.05, 4.69) is 20.8 Å². The van der Waals surface area contributed by atoms with Crippen molar-refractivity contribution >= 4 is 10.8 Å². The van der Waals surface area contributed by atoms with Gasteiger partial charge in [0.05, 0.1) is 0 Å². The molecule has 2 heteroatoms. The molecule has 0 aromatic heterocycles. The molecule has 68 valence electrons. The van der Waals surface area contributed by atoms with E-state index in [1.54, 1.807) is 0 Å². The highest BCUT2D eigenvalue weighted by Gasteiger charge is 2.12. The summed E-state index contributed by atoms with van der Waals surface area (Å²) < 4.78 is 10.7. The maximum absolute atomic E-state index is 10.7. The third-order valence-corrected chi connectivity index (χ3v) is 3.06. The van der Waals surface area contributed by atoms with Gasteiger partial charge in [0.25, 0.3) is 0 Å². The largest absolute Gasteiger partial charge is 0.260 e. The van der Waals surface area contributed by atoms with Crippen molar-refractivity contribution in [1.29, 1.82) is 0 Å². The van der Waals surface area contributed by atoms with E-state index >= 15 is 0 Å². The molecule has 1 saturated heterocycles. The monoisotopic (exact) mass is 176 g/mol. The smallest absolute Gasteiger partial charge is 0.0237 e. The van der Waals surface area contributed by atoms with E-state index in [4.69, 9.17) is 0 Å². The molecule has 0 radical (unpaired) electrons. The molecule has 0 unspecified atom stereocenters. The average molecular weight is 176 g/mol. The van der Waals surface area contributed by atoms with Crippen LogP contribution in [0.1, 0.15) is 40.0 Å². The van der Waals surface area contributed by atoms with Gasteiger partial charge in [0.15, 0.2) is 0 Å². The normalized spacial score (nSPS) is 30.5. The standard InChI is InChI=1S/C6H12OS.C3H8/c1-6-2-4-8(7)5-3-6;1-3-2/h6H,2-5H2,1H3;3H2,1-2H3. The molecule has 0 bridgehead atoms. The molecule has 1 aliphatic rings. The van der Waals surface area contributed by atoms with Crippen LogP contribution in [-0.2, 0) is 10.8 Å². The molecule has 0 N–H and O–H groups in total. The highest BCUT2D eigenvalue weighted by Crippen LogP contribution is 2.14. The number of hydrogen-bond acceptors (Lipinski definition) is 1. The summed E-state index contributed by atoms with van der Waals surface area (Å²) in [6, 6.07) is 0. The zero-order valence-corrected chi connectivity index (χ0v) is 8.75. The molecular weight excluding hydrogens is 156 g/mol. The Morgan fingerprint density at radius 2 is 1.64 bits per heavy atom. The topological polar surface area (TPSA) is 17.1 Å². The lowest BCUT2D eigenvalue weighted by atomic mass is 10.1. The summed E-state index contributed by atoms with van der Waals surface area (Å²) >= 11 is 0. The Morgan fingerprint density at radius 1 is 1.27 bits per heavy atom. The minimum absolute atomic E-state index is 0.461. The lowest BCUT2D eigenvalue weighted by Gasteiger charge is -2.15. The summed E-state index contributed by atoms with van der Waals surface area (Å²) in [6.07, 6.45) is 3.60. The lowest BCUT2D eigenvalue weighted by molar-refractivity contribution is 0.526. The zero-order valence-electron chi connectivity index (χ0n) is 7.93. The van der Waals surface area contributed by atoms with Crippen LogP contribution in [0, 0.1) is 5.92 Å². The van der Waals surface area contributed by atoms with E-state index < -0.39 is 10.8 Å². The van der Waals surface area contributed by atoms with E-state index in [9.17, 15) is 4.21 Å². The summed E-state index contributed by atoms with van der Waals surface area (Å²) in [6.45, 7) is 6.48. The predicted molar refractivity (Wildman–Crippen MR) is 52.2 cm³/mol. The van der Waals surface area contributed by atoms with E-state index in [1.165, 1.54) is 19.3 Å². The summed E-state index contributed by atoms with van der Waals surface area (Å²) in [5, 5.41) is 0. The van der Waals surface area contributed by atoms with Crippen molar-refractivity contribution in [3.8, 4) is 0 Å². The van der Waals surface area contributed by atoms with Gasteiger partial charge in [-0.3, -0.25) is 4.21 Å². The minimum atomic E-state index is -0.461. The van der Waals surface area contributed by atoms with Crippen molar-refractivity contribution in [2.45, 2.75) is 40.0 Å². The molecule has 11 heavy (non-hydrogen) atoms. The molecule has 0 atom stereocenters. The Bertz CT molecular complexity index is 102. The predicted octanol–water partition coefficient (Wildman–Crippen LogP) is 2.58. The van der Waals surface area contributed by atoms with Crippen molar-refractivity contribution in [2.75, 3.05) is 11.5 Å². The second-order valence-electron chi connectivity index (χ2n) is 3.24. The van der Waals surface area contributed by atoms with E-state index in [0.717, 1.165) is 17.4 Å². The molecule has 1 fully saturated rings. The van der Waals surface area contributed by atoms with E-state index in [-0.39, 0.29) is 0 Å². The van der Waals surface area contributed by atoms with Gasteiger partial charge in [-0.15, -0.1) is 0 Å². The molecule has 0 aromatic rings. The maximum Gasteiger partial charge on any atom is 0.0237 e. The van der Waals surface area contributed by atoms with Crippen molar-refractivity contribution in [3.05, 3.63) is 0 Å². The molecule has 1 nitrogen and oxygen atoms in total. The Morgan fingerprint density at radius 3 is 1.91 bits per heavy atom. The SMILES string of the molecule is CC1CCS(=O)CC1.CCC. The van der Waals surface area contributed by atoms with E-state index in [0.29, 0.717) is 0 Å². The van der Waals surface area contributed by atoms with Crippen LogP contribution in [0.4, 0.5) is 0 Å². The van der Waals surface area contributed by atoms with Crippen molar-refractivity contribution in [1.82, 2.24) is 0 Å². The average Bonchev–Trinajstić information content (AvgIpc) is 1.97. The molecule has 0 aromatic carbocycles. The molecular formula is C9H20OS. The van der Waals surface area contributed by atoms with Gasteiger partial charge >= 0.3 is 0 Å². The quantitative estimate of drug-likeness (QED) is 0.554. The lowest BCUT2D eigenvalue weighted by Crippen LogP contribution is -2.15. The van der Waals surface area contributed by atoms with Gasteiger partial charge in [-0.1, -0.05) is 27.2 Å². The van der Waals surface area contributed by atoms with Crippen LogP contribution in [-0.4, -0.2) is 15.7 Å². The molecule has 1 aliphatic heterocycles. The van der Waals surface area contributed by atoms with Crippen LogP contribution in [0.15, 0.2) is 0 Å². The fraction of sp³-hybridized carbons (Fsp3) is 1.00. The first-order valence-corrected chi connectivity index (χ1v) is 6.04.